The number of hydrogen-bond acceptors (Lipinski definition) is 6. The van der Waals surface area contributed by atoms with Crippen LogP contribution in [0.25, 0.3) is 21.3 Å². The number of aromatic nitrogens is 3. The number of ether oxygens (including phenoxy) is 1. The predicted octanol–water partition coefficient (Wildman–Crippen LogP) is 4.33. The van der Waals surface area contributed by atoms with E-state index in [-0.39, 0.29) is 17.6 Å². The lowest BCUT2D eigenvalue weighted by molar-refractivity contribution is 0.0821. The Morgan fingerprint density at radius 3 is 2.63 bits per heavy atom. The van der Waals surface area contributed by atoms with Gasteiger partial charge in [0.2, 0.25) is 0 Å². The molecule has 1 unspecified atom stereocenters. The zero-order chi connectivity index (χ0) is 25.7. The molecule has 184 valence electrons. The molecule has 0 bridgehead atoms. The number of aromatic amines is 1. The van der Waals surface area contributed by atoms with Gasteiger partial charge in [0.25, 0.3) is 11.5 Å². The summed E-state index contributed by atoms with van der Waals surface area (Å²) in [6.07, 6.45) is 3.20. The van der Waals surface area contributed by atoms with Crippen LogP contribution < -0.4 is 15.6 Å². The molecule has 0 aliphatic heterocycles. The van der Waals surface area contributed by atoms with Crippen LogP contribution in [0, 0.1) is 13.8 Å². The Balaban J connectivity index is 1.91. The van der Waals surface area contributed by atoms with Gasteiger partial charge in [-0.25, -0.2) is 0 Å². The minimum absolute atomic E-state index is 0.242. The number of carbonyl (C=O) groups is 1. The highest BCUT2D eigenvalue weighted by Gasteiger charge is 2.27. The van der Waals surface area contributed by atoms with E-state index in [1.54, 1.807) is 33.2 Å². The number of rotatable bonds is 6. The first kappa shape index (κ1) is 24.7. The van der Waals surface area contributed by atoms with Gasteiger partial charge in [-0.05, 0) is 57.9 Å². The smallest absolute Gasteiger partial charge is 0.274 e. The number of nitrogens with one attached hydrogen (secondary N) is 2. The first-order valence-corrected chi connectivity index (χ1v) is 12.1. The monoisotopic (exact) mass is 494 g/mol. The van der Waals surface area contributed by atoms with E-state index in [1.807, 2.05) is 33.0 Å². The fourth-order valence-corrected chi connectivity index (χ4v) is 5.24. The molecule has 3 N–H and O–H groups in total. The predicted molar refractivity (Wildman–Crippen MR) is 138 cm³/mol. The van der Waals surface area contributed by atoms with E-state index in [1.165, 1.54) is 23.0 Å². The Bertz CT molecular complexity index is 1490. The average molecular weight is 495 g/mol. The summed E-state index contributed by atoms with van der Waals surface area (Å²) in [5.41, 5.74) is 2.95. The molecule has 4 aromatic rings. The van der Waals surface area contributed by atoms with E-state index in [0.717, 1.165) is 27.3 Å². The van der Waals surface area contributed by atoms with Crippen molar-refractivity contribution < 1.29 is 14.6 Å². The molecule has 0 radical (unpaired) electrons. The van der Waals surface area contributed by atoms with Crippen LogP contribution in [0.2, 0.25) is 0 Å². The minimum atomic E-state index is -1.09. The Hall–Kier alpha value is -3.43. The van der Waals surface area contributed by atoms with Crippen molar-refractivity contribution in [2.75, 3.05) is 7.05 Å². The third kappa shape index (κ3) is 4.61. The van der Waals surface area contributed by atoms with Crippen molar-refractivity contribution in [2.45, 2.75) is 46.3 Å². The highest BCUT2D eigenvalue weighted by Crippen LogP contribution is 2.45. The summed E-state index contributed by atoms with van der Waals surface area (Å²) in [4.78, 5) is 34.1. The Kier molecular flexibility index (Phi) is 6.33. The number of carbonyl (C=O) groups excluding carboxylic acids is 1. The Morgan fingerprint density at radius 1 is 1.29 bits per heavy atom. The van der Waals surface area contributed by atoms with Crippen LogP contribution in [0.3, 0.4) is 0 Å². The number of pyridine rings is 2. The van der Waals surface area contributed by atoms with Crippen molar-refractivity contribution in [2.24, 2.45) is 7.05 Å². The van der Waals surface area contributed by atoms with E-state index < -0.39 is 5.60 Å². The van der Waals surface area contributed by atoms with Gasteiger partial charge in [0.05, 0.1) is 16.2 Å². The minimum Gasteiger partial charge on any atom is -0.483 e. The van der Waals surface area contributed by atoms with Gasteiger partial charge in [0, 0.05) is 42.3 Å². The number of hydrogen-bond donors (Lipinski definition) is 3. The summed E-state index contributed by atoms with van der Waals surface area (Å²) < 4.78 is 7.91. The van der Waals surface area contributed by atoms with E-state index in [2.05, 4.69) is 21.4 Å². The quantitative estimate of drug-likeness (QED) is 0.370. The fourth-order valence-electron chi connectivity index (χ4n) is 4.12. The van der Waals surface area contributed by atoms with Gasteiger partial charge in [-0.2, -0.15) is 0 Å². The molecular formula is C26H30N4O4S. The number of thiophene rings is 1. The molecule has 0 saturated heterocycles. The lowest BCUT2D eigenvalue weighted by Gasteiger charge is -2.17. The molecule has 0 aliphatic carbocycles. The summed E-state index contributed by atoms with van der Waals surface area (Å²) >= 11 is 1.39. The number of aryl methyl sites for hydroxylation is 3. The highest BCUT2D eigenvalue weighted by molar-refractivity contribution is 7.16. The van der Waals surface area contributed by atoms with Crippen molar-refractivity contribution >= 4 is 28.1 Å². The van der Waals surface area contributed by atoms with Gasteiger partial charge < -0.3 is 24.7 Å². The number of aliphatic hydroxyl groups is 1. The van der Waals surface area contributed by atoms with Crippen molar-refractivity contribution in [3.63, 3.8) is 0 Å². The molecule has 0 aromatic carbocycles. The molecule has 0 saturated carbocycles. The molecule has 4 rings (SSSR count). The van der Waals surface area contributed by atoms with Crippen LogP contribution in [0.5, 0.6) is 5.75 Å². The summed E-state index contributed by atoms with van der Waals surface area (Å²) in [5.74, 6) is 0.257. The molecule has 1 atom stereocenters. The topological polar surface area (TPSA) is 109 Å². The SMILES string of the molecule is CNC(=O)c1cc2c(-c3sc(C(C)(C)O)cc3OC(C)c3ncc(C)cc3C)cn(C)c(=O)c2[nH]1. The second-order valence-electron chi connectivity index (χ2n) is 9.35. The average Bonchev–Trinajstić information content (AvgIpc) is 3.41. The standard InChI is InChI=1S/C26H30N4O4S/c1-13-8-14(2)21(28-11-13)15(3)34-19-10-20(26(4,5)33)35-23(19)17-12-30(7)25(32)22-16(17)9-18(29-22)24(31)27-6/h8-12,15,29,33H,1-7H3,(H,27,31). The van der Waals surface area contributed by atoms with E-state index >= 15 is 0 Å². The fraction of sp³-hybridized carbons (Fsp3) is 0.346. The maximum Gasteiger partial charge on any atom is 0.274 e. The van der Waals surface area contributed by atoms with E-state index in [0.29, 0.717) is 27.2 Å². The molecule has 0 spiro atoms. The number of H-pyrrole nitrogens is 1. The van der Waals surface area contributed by atoms with Gasteiger partial charge in [-0.1, -0.05) is 6.07 Å². The Labute approximate surface area is 207 Å². The molecule has 4 heterocycles. The molecule has 35 heavy (non-hydrogen) atoms. The maximum absolute atomic E-state index is 12.8. The molecular weight excluding hydrogens is 464 g/mol. The van der Waals surface area contributed by atoms with Crippen LogP contribution in [-0.2, 0) is 12.6 Å². The van der Waals surface area contributed by atoms with Gasteiger partial charge >= 0.3 is 0 Å². The third-order valence-corrected chi connectivity index (χ3v) is 7.39. The van der Waals surface area contributed by atoms with Gasteiger partial charge in [-0.15, -0.1) is 11.3 Å². The van der Waals surface area contributed by atoms with E-state index in [4.69, 9.17) is 4.74 Å². The lowest BCUT2D eigenvalue weighted by atomic mass is 10.1. The van der Waals surface area contributed by atoms with Crippen LogP contribution in [-0.4, -0.2) is 32.6 Å². The van der Waals surface area contributed by atoms with Crippen molar-refractivity contribution in [1.82, 2.24) is 19.9 Å². The zero-order valence-corrected chi connectivity index (χ0v) is 21.8. The second-order valence-corrected chi connectivity index (χ2v) is 10.4. The third-order valence-electron chi connectivity index (χ3n) is 5.93. The molecule has 0 fully saturated rings. The number of nitrogens with zero attached hydrogens (tertiary/aromatic N) is 2. The first-order valence-electron chi connectivity index (χ1n) is 11.3. The number of fused-ring (bicyclic) bond motifs is 1. The zero-order valence-electron chi connectivity index (χ0n) is 20.9. The molecule has 4 aromatic heterocycles. The Morgan fingerprint density at radius 2 is 2.00 bits per heavy atom. The maximum atomic E-state index is 12.8. The first-order chi connectivity index (χ1) is 16.4. The van der Waals surface area contributed by atoms with Crippen molar-refractivity contribution in [3.05, 3.63) is 68.3 Å². The lowest BCUT2D eigenvalue weighted by Crippen LogP contribution is -2.19. The molecule has 0 aliphatic rings. The molecule has 8 nitrogen and oxygen atoms in total. The van der Waals surface area contributed by atoms with Crippen LogP contribution in [0.1, 0.15) is 59.1 Å². The van der Waals surface area contributed by atoms with Crippen molar-refractivity contribution in [3.8, 4) is 16.2 Å². The van der Waals surface area contributed by atoms with Crippen molar-refractivity contribution in [1.29, 1.82) is 0 Å². The van der Waals surface area contributed by atoms with Gasteiger partial charge in [-0.3, -0.25) is 14.6 Å². The molecule has 1 amide bonds. The summed E-state index contributed by atoms with van der Waals surface area (Å²) in [5, 5.41) is 13.9. The van der Waals surface area contributed by atoms with Gasteiger partial charge in [0.1, 0.15) is 23.1 Å². The largest absolute Gasteiger partial charge is 0.483 e. The van der Waals surface area contributed by atoms with Gasteiger partial charge in [0.15, 0.2) is 0 Å². The van der Waals surface area contributed by atoms with Crippen LogP contribution in [0.15, 0.2) is 35.4 Å². The summed E-state index contributed by atoms with van der Waals surface area (Å²) in [6.45, 7) is 9.38. The normalized spacial score (nSPS) is 12.7. The summed E-state index contributed by atoms with van der Waals surface area (Å²) in [6, 6.07) is 5.58. The summed E-state index contributed by atoms with van der Waals surface area (Å²) in [7, 11) is 3.20. The van der Waals surface area contributed by atoms with E-state index in [9.17, 15) is 14.7 Å². The van der Waals surface area contributed by atoms with Crippen LogP contribution >= 0.6 is 11.3 Å². The number of amides is 1. The highest BCUT2D eigenvalue weighted by atomic mass is 32.1. The van der Waals surface area contributed by atoms with Crippen LogP contribution in [0.4, 0.5) is 0 Å². The second kappa shape index (κ2) is 8.98. The molecule has 9 heteroatoms.